The van der Waals surface area contributed by atoms with E-state index in [0.29, 0.717) is 6.42 Å². The third-order valence-corrected chi connectivity index (χ3v) is 8.77. The monoisotopic (exact) mass is 603 g/mol. The van der Waals surface area contributed by atoms with E-state index < -0.39 is 67.6 Å². The molecule has 4 aromatic rings. The van der Waals surface area contributed by atoms with Gasteiger partial charge in [0.2, 0.25) is 0 Å². The molecular formula is C34H41N3O7. The van der Waals surface area contributed by atoms with Gasteiger partial charge >= 0.3 is 0 Å². The lowest BCUT2D eigenvalue weighted by atomic mass is 9.84. The molecule has 0 bridgehead atoms. The summed E-state index contributed by atoms with van der Waals surface area (Å²) in [7, 11) is 0. The maximum absolute atomic E-state index is 11.4. The summed E-state index contributed by atoms with van der Waals surface area (Å²) in [6.07, 6.45) is -6.79. The molecule has 1 aliphatic carbocycles. The van der Waals surface area contributed by atoms with Crippen LogP contribution in [0.5, 0.6) is 0 Å². The molecule has 2 fully saturated rings. The zero-order valence-electron chi connectivity index (χ0n) is 24.4. The van der Waals surface area contributed by atoms with Crippen LogP contribution >= 0.6 is 0 Å². The first kappa shape index (κ1) is 31.0. The van der Waals surface area contributed by atoms with E-state index in [1.807, 2.05) is 84.9 Å². The quantitative estimate of drug-likeness (QED) is 0.165. The molecule has 10 heteroatoms. The highest BCUT2D eigenvalue weighted by Gasteiger charge is 2.49. The second kappa shape index (κ2) is 13.6. The number of fused-ring (bicyclic) bond motifs is 2. The number of benzene rings is 4. The maximum Gasteiger partial charge on any atom is 0.176 e. The highest BCUT2D eigenvalue weighted by molar-refractivity contribution is 5.83. The van der Waals surface area contributed by atoms with Crippen molar-refractivity contribution in [1.29, 1.82) is 0 Å². The van der Waals surface area contributed by atoms with Gasteiger partial charge in [-0.05, 0) is 51.2 Å². The van der Waals surface area contributed by atoms with Crippen LogP contribution in [-0.4, -0.2) is 83.0 Å². The number of aliphatic hydroxyl groups is 3. The molecule has 6 rings (SSSR count). The van der Waals surface area contributed by atoms with E-state index in [2.05, 4.69) is 0 Å². The average Bonchev–Trinajstić information content (AvgIpc) is 3.03. The summed E-state index contributed by atoms with van der Waals surface area (Å²) in [6, 6.07) is 26.0. The van der Waals surface area contributed by atoms with Gasteiger partial charge in [-0.15, -0.1) is 0 Å². The standard InChI is InChI=1S/C34H41N3O7/c35-25-15-26(36)32(30(40)31(25)41-17-19-9-11-21-5-1-3-7-23(21)13-19)44-34-28(37)33(29(39)27(16-38)43-34)42-18-20-10-12-22-6-2-4-8-24(22)14-20/h1-14,25-34,38-40H,15-18,35-37H2/t25-,26+,27-,28-,29-,30-,31+,32-,33-,34-/m1/s1. The number of hydrogen-bond acceptors (Lipinski definition) is 10. The van der Waals surface area contributed by atoms with Crippen molar-refractivity contribution in [3.8, 4) is 0 Å². The fourth-order valence-corrected chi connectivity index (χ4v) is 6.30. The lowest BCUT2D eigenvalue weighted by molar-refractivity contribution is -0.301. The van der Waals surface area contributed by atoms with Crippen LogP contribution < -0.4 is 17.2 Å². The van der Waals surface area contributed by atoms with Crippen molar-refractivity contribution in [3.05, 3.63) is 96.1 Å². The van der Waals surface area contributed by atoms with Gasteiger partial charge in [0.15, 0.2) is 6.29 Å². The van der Waals surface area contributed by atoms with Crippen LogP contribution in [-0.2, 0) is 32.2 Å². The third kappa shape index (κ3) is 6.51. The van der Waals surface area contributed by atoms with Crippen LogP contribution in [0.4, 0.5) is 0 Å². The van der Waals surface area contributed by atoms with Crippen molar-refractivity contribution in [2.24, 2.45) is 17.2 Å². The zero-order chi connectivity index (χ0) is 30.8. The summed E-state index contributed by atoms with van der Waals surface area (Å²) in [5, 5.41) is 36.7. The van der Waals surface area contributed by atoms with Gasteiger partial charge in [-0.3, -0.25) is 0 Å². The number of ether oxygens (including phenoxy) is 4. The van der Waals surface area contributed by atoms with E-state index >= 15 is 0 Å². The minimum atomic E-state index is -1.20. The van der Waals surface area contributed by atoms with Crippen molar-refractivity contribution >= 4 is 21.5 Å². The minimum absolute atomic E-state index is 0.177. The summed E-state index contributed by atoms with van der Waals surface area (Å²) >= 11 is 0. The normalized spacial score (nSPS) is 32.7. The topological polar surface area (TPSA) is 176 Å². The third-order valence-electron chi connectivity index (χ3n) is 8.77. The molecular weight excluding hydrogens is 562 g/mol. The Bertz CT molecular complexity index is 1560. The van der Waals surface area contributed by atoms with Crippen LogP contribution in [0.3, 0.4) is 0 Å². The van der Waals surface area contributed by atoms with Gasteiger partial charge < -0.3 is 51.5 Å². The van der Waals surface area contributed by atoms with E-state index in [0.717, 1.165) is 32.7 Å². The zero-order valence-corrected chi connectivity index (χ0v) is 24.4. The second-order valence-electron chi connectivity index (χ2n) is 11.9. The molecule has 0 unspecified atom stereocenters. The molecule has 0 amide bonds. The molecule has 234 valence electrons. The van der Waals surface area contributed by atoms with Crippen molar-refractivity contribution in [2.75, 3.05) is 6.61 Å². The first-order valence-electron chi connectivity index (χ1n) is 15.1. The molecule has 10 nitrogen and oxygen atoms in total. The van der Waals surface area contributed by atoms with Crippen molar-refractivity contribution in [1.82, 2.24) is 0 Å². The Morgan fingerprint density at radius 3 is 1.75 bits per heavy atom. The summed E-state index contributed by atoms with van der Waals surface area (Å²) in [5.74, 6) is 0. The summed E-state index contributed by atoms with van der Waals surface area (Å²) in [5.41, 5.74) is 21.2. The molecule has 1 saturated carbocycles. The predicted molar refractivity (Wildman–Crippen MR) is 166 cm³/mol. The van der Waals surface area contributed by atoms with E-state index in [-0.39, 0.29) is 13.2 Å². The van der Waals surface area contributed by atoms with Gasteiger partial charge in [0.1, 0.15) is 36.6 Å². The van der Waals surface area contributed by atoms with Gasteiger partial charge in [0.05, 0.1) is 25.9 Å². The molecule has 4 aromatic carbocycles. The van der Waals surface area contributed by atoms with Crippen molar-refractivity contribution in [2.45, 2.75) is 80.7 Å². The summed E-state index contributed by atoms with van der Waals surface area (Å²) in [4.78, 5) is 0. The number of nitrogens with two attached hydrogens (primary N) is 3. The smallest absolute Gasteiger partial charge is 0.176 e. The maximum atomic E-state index is 11.4. The molecule has 2 aliphatic rings. The molecule has 1 saturated heterocycles. The predicted octanol–water partition coefficient (Wildman–Crippen LogP) is 1.67. The summed E-state index contributed by atoms with van der Waals surface area (Å²) < 4.78 is 24.4. The van der Waals surface area contributed by atoms with Gasteiger partial charge in [-0.1, -0.05) is 72.8 Å². The van der Waals surface area contributed by atoms with Crippen LogP contribution in [0.2, 0.25) is 0 Å². The largest absolute Gasteiger partial charge is 0.394 e. The van der Waals surface area contributed by atoms with Gasteiger partial charge in [0.25, 0.3) is 0 Å². The van der Waals surface area contributed by atoms with Gasteiger partial charge in [0, 0.05) is 12.1 Å². The van der Waals surface area contributed by atoms with E-state index in [1.165, 1.54) is 0 Å². The van der Waals surface area contributed by atoms with E-state index in [9.17, 15) is 15.3 Å². The van der Waals surface area contributed by atoms with Crippen molar-refractivity contribution in [3.63, 3.8) is 0 Å². The van der Waals surface area contributed by atoms with E-state index in [1.54, 1.807) is 0 Å². The van der Waals surface area contributed by atoms with Gasteiger partial charge in [-0.25, -0.2) is 0 Å². The Kier molecular flexibility index (Phi) is 9.55. The molecule has 1 heterocycles. The SMILES string of the molecule is N[C@H]1[C@@H](O[C@H]2[C@H](O)[C@@H](OCc3ccc4ccccc4c3)[C@H](N)C[C@@H]2N)O[C@H](CO)[C@@H](O)[C@@H]1OCc1ccc2ccccc2c1. The second-order valence-corrected chi connectivity index (χ2v) is 11.9. The van der Waals surface area contributed by atoms with Gasteiger partial charge in [-0.2, -0.15) is 0 Å². The van der Waals surface area contributed by atoms with Crippen LogP contribution in [0, 0.1) is 0 Å². The fourth-order valence-electron chi connectivity index (χ4n) is 6.30. The summed E-state index contributed by atoms with van der Waals surface area (Å²) in [6.45, 7) is -0.0629. The number of hydrogen-bond donors (Lipinski definition) is 6. The highest BCUT2D eigenvalue weighted by Crippen LogP contribution is 2.30. The number of aliphatic hydroxyl groups excluding tert-OH is 3. The molecule has 10 atom stereocenters. The fraction of sp³-hybridized carbons (Fsp3) is 0.412. The van der Waals surface area contributed by atoms with E-state index in [4.69, 9.17) is 36.1 Å². The first-order chi connectivity index (χ1) is 21.3. The lowest BCUT2D eigenvalue weighted by Crippen LogP contribution is -2.67. The molecule has 0 aromatic heterocycles. The minimum Gasteiger partial charge on any atom is -0.394 e. The molecule has 44 heavy (non-hydrogen) atoms. The molecule has 0 radical (unpaired) electrons. The number of rotatable bonds is 9. The Balaban J connectivity index is 1.13. The Morgan fingerprint density at radius 2 is 1.18 bits per heavy atom. The molecule has 1 aliphatic heterocycles. The average molecular weight is 604 g/mol. The molecule has 9 N–H and O–H groups in total. The van der Waals surface area contributed by atoms with Crippen LogP contribution in [0.25, 0.3) is 21.5 Å². The highest BCUT2D eigenvalue weighted by atomic mass is 16.7. The van der Waals surface area contributed by atoms with Crippen molar-refractivity contribution < 1.29 is 34.3 Å². The first-order valence-corrected chi connectivity index (χ1v) is 15.1. The Morgan fingerprint density at radius 1 is 0.659 bits per heavy atom. The Hall–Kier alpha value is -3.00. The van der Waals surface area contributed by atoms with Crippen LogP contribution in [0.15, 0.2) is 84.9 Å². The Labute approximate surface area is 256 Å². The van der Waals surface area contributed by atoms with Crippen LogP contribution in [0.1, 0.15) is 17.5 Å². The lowest BCUT2D eigenvalue weighted by Gasteiger charge is -2.47. The molecule has 0 spiro atoms.